The van der Waals surface area contributed by atoms with E-state index in [9.17, 15) is 0 Å². The number of fused-ring (bicyclic) bond motifs is 12. The van der Waals surface area contributed by atoms with Crippen molar-refractivity contribution in [1.29, 1.82) is 0 Å². The summed E-state index contributed by atoms with van der Waals surface area (Å²) < 4.78 is 15.2. The largest absolute Gasteiger partial charge is 0.456 e. The van der Waals surface area contributed by atoms with Gasteiger partial charge in [0.05, 0.1) is 11.0 Å². The first kappa shape index (κ1) is 32.0. The summed E-state index contributed by atoms with van der Waals surface area (Å²) in [5.41, 5.74) is 9.32. The van der Waals surface area contributed by atoms with Crippen LogP contribution < -0.4 is 0 Å². The lowest BCUT2D eigenvalue weighted by atomic mass is 9.99. The van der Waals surface area contributed by atoms with Crippen molar-refractivity contribution in [2.24, 2.45) is 0 Å². The molecule has 0 bridgehead atoms. The number of aromatic nitrogens is 4. The minimum absolute atomic E-state index is 0.571. The second-order valence-electron chi connectivity index (χ2n) is 15.2. The van der Waals surface area contributed by atoms with E-state index in [1.54, 1.807) is 0 Å². The summed E-state index contributed by atoms with van der Waals surface area (Å²) in [6, 6.07) is 63.4. The van der Waals surface area contributed by atoms with Crippen LogP contribution in [0.5, 0.6) is 0 Å². The molecule has 0 aliphatic carbocycles. The highest BCUT2D eigenvalue weighted by atomic mass is 16.3. The van der Waals surface area contributed by atoms with Crippen molar-refractivity contribution in [3.8, 4) is 39.9 Å². The number of benzene rings is 9. The molecule has 0 saturated carbocycles. The van der Waals surface area contributed by atoms with Gasteiger partial charge in [-0.3, -0.25) is 0 Å². The lowest BCUT2D eigenvalue weighted by Gasteiger charge is -2.11. The second kappa shape index (κ2) is 12.2. The predicted molar refractivity (Wildman–Crippen MR) is 240 cm³/mol. The molecule has 13 aromatic rings. The van der Waals surface area contributed by atoms with Crippen LogP contribution in [0.3, 0.4) is 0 Å². The van der Waals surface area contributed by atoms with Crippen molar-refractivity contribution in [2.45, 2.75) is 0 Å². The van der Waals surface area contributed by atoms with E-state index in [4.69, 9.17) is 23.8 Å². The van der Waals surface area contributed by atoms with E-state index in [1.807, 2.05) is 72.8 Å². The van der Waals surface area contributed by atoms with Crippen LogP contribution in [0.4, 0.5) is 0 Å². The molecule has 0 saturated heterocycles. The maximum atomic E-state index is 6.66. The van der Waals surface area contributed by atoms with Gasteiger partial charge >= 0.3 is 0 Å². The van der Waals surface area contributed by atoms with Gasteiger partial charge in [-0.1, -0.05) is 115 Å². The molecule has 6 heteroatoms. The monoisotopic (exact) mass is 754 g/mol. The highest BCUT2D eigenvalue weighted by Crippen LogP contribution is 2.42. The molecular formula is C53H30N4O2. The molecule has 0 unspecified atom stereocenters. The molecule has 0 radical (unpaired) electrons. The van der Waals surface area contributed by atoms with Crippen molar-refractivity contribution >= 4 is 87.2 Å². The standard InChI is InChI=1S/C53H30N4O2/c1-2-11-32(12-3-1)51-54-52(35-23-25-46-42(28-35)38-16-7-9-19-45(38)58-46)56-53(55-51)39-17-10-20-47-49(39)50-40-30-36(24-21-31(40)22-26-48(50)59-47)57-43-18-8-6-15-37(43)41-27-33-13-4-5-14-34(33)29-44(41)57/h1-30H. The predicted octanol–water partition coefficient (Wildman–Crippen LogP) is 14.1. The molecule has 6 nitrogen and oxygen atoms in total. The van der Waals surface area contributed by atoms with Crippen molar-refractivity contribution in [3.05, 3.63) is 182 Å². The SMILES string of the molecule is c1ccc(-c2nc(-c3ccc4oc5ccccc5c4c3)nc(-c3cccc4oc5ccc6ccc(-n7c8ccccc8c8cc9ccccc9cc87)cc6c5c34)n2)cc1. The van der Waals surface area contributed by atoms with Gasteiger partial charge in [0.2, 0.25) is 0 Å². The van der Waals surface area contributed by atoms with E-state index in [-0.39, 0.29) is 0 Å². The molecule has 13 rings (SSSR count). The highest BCUT2D eigenvalue weighted by molar-refractivity contribution is 6.23. The average Bonchev–Trinajstić information content (AvgIpc) is 3.97. The van der Waals surface area contributed by atoms with Gasteiger partial charge in [0, 0.05) is 54.7 Å². The molecule has 9 aromatic carbocycles. The molecule has 0 aliphatic rings. The molecule has 0 fully saturated rings. The third-order valence-corrected chi connectivity index (χ3v) is 11.8. The van der Waals surface area contributed by atoms with Crippen molar-refractivity contribution in [2.75, 3.05) is 0 Å². The first-order valence-corrected chi connectivity index (χ1v) is 19.8. The minimum atomic E-state index is 0.571. The van der Waals surface area contributed by atoms with E-state index < -0.39 is 0 Å². The molecule has 4 heterocycles. The van der Waals surface area contributed by atoms with Crippen LogP contribution in [0, 0.1) is 0 Å². The Balaban J connectivity index is 1.06. The van der Waals surface area contributed by atoms with E-state index >= 15 is 0 Å². The smallest absolute Gasteiger partial charge is 0.164 e. The molecule has 0 N–H and O–H groups in total. The van der Waals surface area contributed by atoms with Crippen LogP contribution in [-0.2, 0) is 0 Å². The number of hydrogen-bond donors (Lipinski definition) is 0. The fourth-order valence-corrected chi connectivity index (χ4v) is 9.09. The van der Waals surface area contributed by atoms with Gasteiger partial charge in [-0.2, -0.15) is 0 Å². The second-order valence-corrected chi connectivity index (χ2v) is 15.2. The van der Waals surface area contributed by atoms with E-state index in [0.717, 1.165) is 82.5 Å². The lowest BCUT2D eigenvalue weighted by Crippen LogP contribution is -2.00. The Hall–Kier alpha value is -8.09. The quantitative estimate of drug-likeness (QED) is 0.179. The molecule has 0 atom stereocenters. The van der Waals surface area contributed by atoms with Gasteiger partial charge in [-0.05, 0) is 88.3 Å². The van der Waals surface area contributed by atoms with Crippen molar-refractivity contribution < 1.29 is 8.83 Å². The van der Waals surface area contributed by atoms with Crippen LogP contribution in [0.2, 0.25) is 0 Å². The highest BCUT2D eigenvalue weighted by Gasteiger charge is 2.21. The van der Waals surface area contributed by atoms with E-state index in [0.29, 0.717) is 17.5 Å². The topological polar surface area (TPSA) is 69.9 Å². The first-order chi connectivity index (χ1) is 29.2. The summed E-state index contributed by atoms with van der Waals surface area (Å²) in [6.45, 7) is 0. The molecule has 274 valence electrons. The summed E-state index contributed by atoms with van der Waals surface area (Å²) in [4.78, 5) is 15.5. The Bertz CT molecular complexity index is 3860. The number of nitrogens with zero attached hydrogens (tertiary/aromatic N) is 4. The molecule has 0 aliphatic heterocycles. The molecule has 4 aromatic heterocycles. The number of hydrogen-bond acceptors (Lipinski definition) is 5. The minimum Gasteiger partial charge on any atom is -0.456 e. The lowest BCUT2D eigenvalue weighted by molar-refractivity contribution is 0.668. The fraction of sp³-hybridized carbons (Fsp3) is 0. The summed E-state index contributed by atoms with van der Waals surface area (Å²) in [5, 5.41) is 11.2. The zero-order valence-electron chi connectivity index (χ0n) is 31.4. The zero-order chi connectivity index (χ0) is 38.6. The van der Waals surface area contributed by atoms with Crippen LogP contribution in [0.15, 0.2) is 191 Å². The maximum Gasteiger partial charge on any atom is 0.164 e. The average molecular weight is 755 g/mol. The molecule has 0 amide bonds. The third kappa shape index (κ3) is 4.84. The Morgan fingerprint density at radius 3 is 1.90 bits per heavy atom. The van der Waals surface area contributed by atoms with Gasteiger partial charge in [0.25, 0.3) is 0 Å². The summed E-state index contributed by atoms with van der Waals surface area (Å²) >= 11 is 0. The Morgan fingerprint density at radius 1 is 0.339 bits per heavy atom. The zero-order valence-corrected chi connectivity index (χ0v) is 31.4. The third-order valence-electron chi connectivity index (χ3n) is 11.8. The van der Waals surface area contributed by atoms with E-state index in [1.165, 1.54) is 27.1 Å². The van der Waals surface area contributed by atoms with Crippen LogP contribution in [0.1, 0.15) is 0 Å². The molecule has 59 heavy (non-hydrogen) atoms. The summed E-state index contributed by atoms with van der Waals surface area (Å²) in [5.74, 6) is 1.75. The maximum absolute atomic E-state index is 6.66. The summed E-state index contributed by atoms with van der Waals surface area (Å²) in [7, 11) is 0. The van der Waals surface area contributed by atoms with E-state index in [2.05, 4.69) is 114 Å². The van der Waals surface area contributed by atoms with Crippen molar-refractivity contribution in [1.82, 2.24) is 19.5 Å². The fourth-order valence-electron chi connectivity index (χ4n) is 9.09. The normalized spacial score (nSPS) is 12.1. The van der Waals surface area contributed by atoms with Gasteiger partial charge in [0.1, 0.15) is 22.3 Å². The summed E-state index contributed by atoms with van der Waals surface area (Å²) in [6.07, 6.45) is 0. The van der Waals surface area contributed by atoms with Gasteiger partial charge in [-0.25, -0.2) is 15.0 Å². The van der Waals surface area contributed by atoms with Crippen LogP contribution in [-0.4, -0.2) is 19.5 Å². The van der Waals surface area contributed by atoms with Crippen molar-refractivity contribution in [3.63, 3.8) is 0 Å². The first-order valence-electron chi connectivity index (χ1n) is 19.8. The molecule has 0 spiro atoms. The number of furan rings is 2. The van der Waals surface area contributed by atoms with Gasteiger partial charge in [-0.15, -0.1) is 0 Å². The Labute approximate surface area is 336 Å². The Kier molecular flexibility index (Phi) is 6.63. The Morgan fingerprint density at radius 2 is 1.00 bits per heavy atom. The number of para-hydroxylation sites is 2. The molecular weight excluding hydrogens is 725 g/mol. The number of rotatable bonds is 4. The van der Waals surface area contributed by atoms with Gasteiger partial charge in [0.15, 0.2) is 17.5 Å². The van der Waals surface area contributed by atoms with Gasteiger partial charge < -0.3 is 13.4 Å². The van der Waals surface area contributed by atoms with Crippen LogP contribution in [0.25, 0.3) is 127 Å². The van der Waals surface area contributed by atoms with Crippen LogP contribution >= 0.6 is 0 Å².